The number of anilines is 1. The first kappa shape index (κ1) is 13.1. The van der Waals surface area contributed by atoms with E-state index in [9.17, 15) is 13.2 Å². The van der Waals surface area contributed by atoms with Crippen LogP contribution in [0.5, 0.6) is 0 Å². The molecule has 1 aliphatic heterocycles. The average Bonchev–Trinajstić information content (AvgIpc) is 3.04. The van der Waals surface area contributed by atoms with Gasteiger partial charge in [-0.3, -0.25) is 0 Å². The van der Waals surface area contributed by atoms with E-state index in [0.29, 0.717) is 18.3 Å². The molecule has 3 heterocycles. The van der Waals surface area contributed by atoms with Crippen LogP contribution in [0.2, 0.25) is 0 Å². The number of alkyl halides is 3. The van der Waals surface area contributed by atoms with Crippen molar-refractivity contribution in [3.8, 4) is 0 Å². The van der Waals surface area contributed by atoms with Gasteiger partial charge in [-0.1, -0.05) is 0 Å². The molecular weight excluding hydrogens is 273 g/mol. The van der Waals surface area contributed by atoms with Crippen LogP contribution in [0, 0.1) is 5.92 Å². The third-order valence-electron chi connectivity index (χ3n) is 3.25. The van der Waals surface area contributed by atoms with Gasteiger partial charge in [0.15, 0.2) is 5.65 Å². The number of nitrogens with one attached hydrogen (secondary N) is 2. The summed E-state index contributed by atoms with van der Waals surface area (Å²) in [6.45, 7) is 2.56. The molecule has 0 amide bonds. The average molecular weight is 286 g/mol. The summed E-state index contributed by atoms with van der Waals surface area (Å²) in [6.07, 6.45) is -3.52. The number of rotatable bonds is 3. The topological polar surface area (TPSA) is 67.1 Å². The van der Waals surface area contributed by atoms with Crippen LogP contribution in [0.4, 0.5) is 19.0 Å². The number of halogens is 3. The van der Waals surface area contributed by atoms with Crippen LogP contribution >= 0.6 is 0 Å². The molecule has 3 rings (SSSR count). The molecule has 0 spiro atoms. The molecule has 1 fully saturated rings. The maximum atomic E-state index is 12.7. The minimum atomic E-state index is -4.57. The lowest BCUT2D eigenvalue weighted by atomic mass is 10.1. The van der Waals surface area contributed by atoms with E-state index in [4.69, 9.17) is 0 Å². The number of fused-ring (bicyclic) bond motifs is 1. The van der Waals surface area contributed by atoms with Crippen LogP contribution < -0.4 is 10.6 Å². The first-order chi connectivity index (χ1) is 9.54. The van der Waals surface area contributed by atoms with Gasteiger partial charge in [0, 0.05) is 6.54 Å². The second-order valence-electron chi connectivity index (χ2n) is 4.75. The van der Waals surface area contributed by atoms with Crippen LogP contribution in [0.1, 0.15) is 12.2 Å². The van der Waals surface area contributed by atoms with Crippen LogP contribution in [0.25, 0.3) is 5.65 Å². The zero-order valence-corrected chi connectivity index (χ0v) is 10.5. The summed E-state index contributed by atoms with van der Waals surface area (Å²) in [5, 5.41) is 16.8. The third-order valence-corrected chi connectivity index (χ3v) is 3.25. The molecule has 108 valence electrons. The summed E-state index contributed by atoms with van der Waals surface area (Å²) in [4.78, 5) is 0. The molecule has 20 heavy (non-hydrogen) atoms. The molecular formula is C11H13F3N6. The Balaban J connectivity index is 1.81. The summed E-state index contributed by atoms with van der Waals surface area (Å²) >= 11 is 0. The zero-order valence-electron chi connectivity index (χ0n) is 10.5. The molecule has 0 bridgehead atoms. The molecule has 2 aromatic heterocycles. The molecule has 0 radical (unpaired) electrons. The largest absolute Gasteiger partial charge is 0.453 e. The summed E-state index contributed by atoms with van der Waals surface area (Å²) in [5.41, 5.74) is 0.0745. The van der Waals surface area contributed by atoms with Crippen molar-refractivity contribution in [1.29, 1.82) is 0 Å². The maximum absolute atomic E-state index is 12.7. The Kier molecular flexibility index (Phi) is 3.20. The minimum Gasteiger partial charge on any atom is -0.368 e. The van der Waals surface area contributed by atoms with Gasteiger partial charge in [0.05, 0.1) is 0 Å². The Morgan fingerprint density at radius 2 is 2.20 bits per heavy atom. The lowest BCUT2D eigenvalue weighted by Gasteiger charge is -2.11. The molecule has 0 aromatic carbocycles. The molecule has 0 aliphatic carbocycles. The Labute approximate surface area is 112 Å². The van der Waals surface area contributed by atoms with Crippen molar-refractivity contribution in [2.45, 2.75) is 12.6 Å². The second-order valence-corrected chi connectivity index (χ2v) is 4.75. The van der Waals surface area contributed by atoms with Crippen molar-refractivity contribution < 1.29 is 13.2 Å². The Morgan fingerprint density at radius 1 is 1.35 bits per heavy atom. The highest BCUT2D eigenvalue weighted by Gasteiger charge is 2.37. The van der Waals surface area contributed by atoms with E-state index in [0.717, 1.165) is 24.0 Å². The molecule has 2 N–H and O–H groups in total. The molecule has 1 aliphatic rings. The molecule has 0 saturated carbocycles. The fraction of sp³-hybridized carbons (Fsp3) is 0.545. The SMILES string of the molecule is FC(F)(F)c1nnc2ccc(NCC3CCNC3)nn12. The van der Waals surface area contributed by atoms with Gasteiger partial charge in [-0.25, -0.2) is 0 Å². The Bertz CT molecular complexity index is 602. The predicted octanol–water partition coefficient (Wildman–Crippen LogP) is 1.16. The smallest absolute Gasteiger partial charge is 0.368 e. The van der Waals surface area contributed by atoms with E-state index >= 15 is 0 Å². The van der Waals surface area contributed by atoms with Gasteiger partial charge in [-0.2, -0.15) is 17.7 Å². The van der Waals surface area contributed by atoms with Crippen molar-refractivity contribution in [1.82, 2.24) is 25.1 Å². The van der Waals surface area contributed by atoms with Gasteiger partial charge in [-0.05, 0) is 37.6 Å². The number of nitrogens with zero attached hydrogens (tertiary/aromatic N) is 4. The van der Waals surface area contributed by atoms with E-state index in [1.165, 1.54) is 6.07 Å². The monoisotopic (exact) mass is 286 g/mol. The van der Waals surface area contributed by atoms with Crippen molar-refractivity contribution in [3.05, 3.63) is 18.0 Å². The minimum absolute atomic E-state index is 0.0745. The zero-order chi connectivity index (χ0) is 14.2. The third kappa shape index (κ3) is 2.53. The summed E-state index contributed by atoms with van der Waals surface area (Å²) in [6, 6.07) is 3.07. The Hall–Kier alpha value is -1.90. The lowest BCUT2D eigenvalue weighted by Crippen LogP contribution is -2.18. The van der Waals surface area contributed by atoms with Crippen LogP contribution in [-0.2, 0) is 6.18 Å². The van der Waals surface area contributed by atoms with Gasteiger partial charge >= 0.3 is 6.18 Å². The van der Waals surface area contributed by atoms with Gasteiger partial charge in [0.2, 0.25) is 0 Å². The molecule has 1 atom stereocenters. The van der Waals surface area contributed by atoms with Crippen LogP contribution in [0.15, 0.2) is 12.1 Å². The van der Waals surface area contributed by atoms with E-state index in [1.54, 1.807) is 6.07 Å². The first-order valence-electron chi connectivity index (χ1n) is 6.28. The van der Waals surface area contributed by atoms with Gasteiger partial charge < -0.3 is 10.6 Å². The quantitative estimate of drug-likeness (QED) is 0.886. The highest BCUT2D eigenvalue weighted by atomic mass is 19.4. The standard InChI is InChI=1S/C11H13F3N6/c12-11(13,14)10-18-17-9-2-1-8(19-20(9)10)16-6-7-3-4-15-5-7/h1-2,7,15H,3-6H2,(H,16,19). The van der Waals surface area contributed by atoms with E-state index < -0.39 is 12.0 Å². The fourth-order valence-electron chi connectivity index (χ4n) is 2.20. The lowest BCUT2D eigenvalue weighted by molar-refractivity contribution is -0.146. The van der Waals surface area contributed by atoms with Crippen molar-refractivity contribution in [2.24, 2.45) is 5.92 Å². The second kappa shape index (κ2) is 4.89. The van der Waals surface area contributed by atoms with E-state index in [2.05, 4.69) is 25.9 Å². The van der Waals surface area contributed by atoms with Crippen LogP contribution in [0.3, 0.4) is 0 Å². The predicted molar refractivity (Wildman–Crippen MR) is 65.3 cm³/mol. The molecule has 1 saturated heterocycles. The van der Waals surface area contributed by atoms with Crippen molar-refractivity contribution in [2.75, 3.05) is 25.0 Å². The molecule has 6 nitrogen and oxygen atoms in total. The highest BCUT2D eigenvalue weighted by Crippen LogP contribution is 2.27. The molecule has 9 heteroatoms. The van der Waals surface area contributed by atoms with Gasteiger partial charge in [0.25, 0.3) is 5.82 Å². The van der Waals surface area contributed by atoms with Gasteiger partial charge in [0.1, 0.15) is 5.82 Å². The Morgan fingerprint density at radius 3 is 2.90 bits per heavy atom. The molecule has 1 unspecified atom stereocenters. The number of hydrogen-bond acceptors (Lipinski definition) is 5. The van der Waals surface area contributed by atoms with Gasteiger partial charge in [-0.15, -0.1) is 15.3 Å². The number of aromatic nitrogens is 4. The molecule has 2 aromatic rings. The van der Waals surface area contributed by atoms with Crippen molar-refractivity contribution in [3.63, 3.8) is 0 Å². The first-order valence-corrected chi connectivity index (χ1v) is 6.28. The maximum Gasteiger partial charge on any atom is 0.453 e. The van der Waals surface area contributed by atoms with Crippen molar-refractivity contribution >= 4 is 11.5 Å². The number of hydrogen-bond donors (Lipinski definition) is 2. The fourth-order valence-corrected chi connectivity index (χ4v) is 2.20. The van der Waals surface area contributed by atoms with E-state index in [1.807, 2.05) is 0 Å². The normalized spacial score (nSPS) is 19.6. The van der Waals surface area contributed by atoms with Crippen LogP contribution in [-0.4, -0.2) is 39.4 Å². The summed E-state index contributed by atoms with van der Waals surface area (Å²) in [5.74, 6) is -0.260. The van der Waals surface area contributed by atoms with E-state index in [-0.39, 0.29) is 5.65 Å². The highest BCUT2D eigenvalue weighted by molar-refractivity contribution is 5.44. The summed E-state index contributed by atoms with van der Waals surface area (Å²) < 4.78 is 38.9. The summed E-state index contributed by atoms with van der Waals surface area (Å²) in [7, 11) is 0.